The Hall–Kier alpha value is -5.65. The average molecular weight is 648 g/mol. The van der Waals surface area contributed by atoms with Crippen LogP contribution in [0.25, 0.3) is 22.3 Å². The Labute approximate surface area is 270 Å². The van der Waals surface area contributed by atoms with Crippen molar-refractivity contribution in [1.82, 2.24) is 5.32 Å². The Morgan fingerprint density at radius 1 is 0.723 bits per heavy atom. The van der Waals surface area contributed by atoms with Crippen LogP contribution >= 0.6 is 0 Å². The number of carbonyl (C=O) groups is 3. The molecule has 4 aromatic rings. The van der Waals surface area contributed by atoms with Crippen molar-refractivity contribution in [2.24, 2.45) is 5.73 Å². The van der Waals surface area contributed by atoms with Gasteiger partial charge < -0.3 is 35.3 Å². The normalized spacial score (nSPS) is 10.9. The molecule has 0 aliphatic carbocycles. The van der Waals surface area contributed by atoms with Gasteiger partial charge in [-0.3, -0.25) is 4.79 Å². The summed E-state index contributed by atoms with van der Waals surface area (Å²) in [5, 5.41) is 5.50. The van der Waals surface area contributed by atoms with Gasteiger partial charge in [-0.2, -0.15) is 0 Å². The summed E-state index contributed by atoms with van der Waals surface area (Å²) in [5.74, 6) is -0.462. The number of carbonyl (C=O) groups excluding carboxylic acids is 3. The zero-order valence-corrected chi connectivity index (χ0v) is 26.1. The fourth-order valence-corrected chi connectivity index (χ4v) is 4.37. The number of nitrogens with two attached hydrogens (primary N) is 1. The number of halogens is 2. The average Bonchev–Trinajstić information content (AvgIpc) is 3.02. The first kappa shape index (κ1) is 34.2. The Morgan fingerprint density at radius 2 is 1.28 bits per heavy atom. The van der Waals surface area contributed by atoms with E-state index in [0.717, 1.165) is 0 Å². The van der Waals surface area contributed by atoms with Gasteiger partial charge in [0.25, 0.3) is 5.91 Å². The van der Waals surface area contributed by atoms with Gasteiger partial charge >= 0.3 is 12.2 Å². The third kappa shape index (κ3) is 10.5. The molecule has 0 saturated carbocycles. The number of amides is 3. The quantitative estimate of drug-likeness (QED) is 0.142. The van der Waals surface area contributed by atoms with Crippen molar-refractivity contribution in [3.8, 4) is 33.8 Å². The lowest BCUT2D eigenvalue weighted by atomic mass is 10.0. The molecular weight excluding hydrogens is 612 g/mol. The van der Waals surface area contributed by atoms with Gasteiger partial charge in [0.2, 0.25) is 0 Å². The van der Waals surface area contributed by atoms with Crippen LogP contribution < -0.4 is 25.8 Å². The van der Waals surface area contributed by atoms with Crippen molar-refractivity contribution in [2.45, 2.75) is 26.4 Å². The maximum absolute atomic E-state index is 13.7. The third-order valence-corrected chi connectivity index (χ3v) is 6.40. The van der Waals surface area contributed by atoms with Crippen LogP contribution in [0.15, 0.2) is 84.9 Å². The van der Waals surface area contributed by atoms with E-state index in [-0.39, 0.29) is 31.9 Å². The highest BCUT2D eigenvalue weighted by atomic mass is 19.1. The van der Waals surface area contributed by atoms with E-state index in [1.807, 2.05) is 0 Å². The van der Waals surface area contributed by atoms with Crippen molar-refractivity contribution >= 4 is 23.8 Å². The van der Waals surface area contributed by atoms with Crippen LogP contribution in [-0.2, 0) is 9.47 Å². The number of rotatable bonds is 12. The zero-order chi connectivity index (χ0) is 34.0. The monoisotopic (exact) mass is 647 g/mol. The molecule has 0 aliphatic heterocycles. The minimum absolute atomic E-state index is 0.000323. The van der Waals surface area contributed by atoms with E-state index in [0.29, 0.717) is 39.4 Å². The number of hydrogen-bond acceptors (Lipinski definition) is 7. The fourth-order valence-electron chi connectivity index (χ4n) is 4.37. The lowest BCUT2D eigenvalue weighted by Gasteiger charge is -2.20. The van der Waals surface area contributed by atoms with Gasteiger partial charge in [0.1, 0.15) is 48.6 Å². The highest BCUT2D eigenvalue weighted by molar-refractivity contribution is 6.05. The maximum atomic E-state index is 13.7. The Morgan fingerprint density at radius 3 is 1.85 bits per heavy atom. The third-order valence-electron chi connectivity index (χ3n) is 6.40. The van der Waals surface area contributed by atoms with Crippen LogP contribution in [0, 0.1) is 11.6 Å². The van der Waals surface area contributed by atoms with Gasteiger partial charge in [-0.25, -0.2) is 18.4 Å². The molecule has 12 heteroatoms. The first-order valence-electron chi connectivity index (χ1n) is 14.6. The number of ether oxygens (including phenoxy) is 4. The summed E-state index contributed by atoms with van der Waals surface area (Å²) < 4.78 is 49.0. The smallest absolute Gasteiger partial charge is 0.407 e. The molecule has 0 radical (unpaired) electrons. The number of anilines is 1. The predicted molar refractivity (Wildman–Crippen MR) is 172 cm³/mol. The molecule has 10 nitrogen and oxygen atoms in total. The molecule has 3 amide bonds. The summed E-state index contributed by atoms with van der Waals surface area (Å²) in [6.07, 6.45) is -1.51. The molecule has 0 heterocycles. The molecule has 4 aromatic carbocycles. The highest BCUT2D eigenvalue weighted by Crippen LogP contribution is 2.34. The molecule has 0 unspecified atom stereocenters. The topological polar surface area (TPSA) is 138 Å². The molecular formula is C35H35F2N3O7. The lowest BCUT2D eigenvalue weighted by Crippen LogP contribution is -2.34. The summed E-state index contributed by atoms with van der Waals surface area (Å²) in [7, 11) is 0. The Kier molecular flexibility index (Phi) is 11.3. The molecule has 47 heavy (non-hydrogen) atoms. The molecule has 0 spiro atoms. The zero-order valence-electron chi connectivity index (χ0n) is 26.1. The van der Waals surface area contributed by atoms with E-state index >= 15 is 0 Å². The Bertz CT molecular complexity index is 1710. The summed E-state index contributed by atoms with van der Waals surface area (Å²) in [4.78, 5) is 36.3. The minimum Gasteiger partial charge on any atom is -0.491 e. The number of hydrogen-bond donors (Lipinski definition) is 3. The van der Waals surface area contributed by atoms with Gasteiger partial charge in [0.05, 0.1) is 6.54 Å². The summed E-state index contributed by atoms with van der Waals surface area (Å²) in [6.45, 7) is 5.49. The maximum Gasteiger partial charge on any atom is 0.407 e. The van der Waals surface area contributed by atoms with Gasteiger partial charge in [-0.1, -0.05) is 24.3 Å². The van der Waals surface area contributed by atoms with Crippen LogP contribution in [0.2, 0.25) is 0 Å². The minimum atomic E-state index is -0.934. The second-order valence-corrected chi connectivity index (χ2v) is 11.2. The van der Waals surface area contributed by atoms with Gasteiger partial charge in [-0.15, -0.1) is 0 Å². The van der Waals surface area contributed by atoms with E-state index in [1.165, 1.54) is 24.3 Å². The second kappa shape index (κ2) is 15.6. The summed E-state index contributed by atoms with van der Waals surface area (Å²) >= 11 is 0. The molecule has 0 fully saturated rings. The number of alkyl carbamates (subject to hydrolysis) is 1. The first-order chi connectivity index (χ1) is 22.4. The van der Waals surface area contributed by atoms with Gasteiger partial charge in [-0.05, 0) is 92.6 Å². The molecule has 0 atom stereocenters. The van der Waals surface area contributed by atoms with E-state index in [4.69, 9.17) is 24.7 Å². The second-order valence-electron chi connectivity index (χ2n) is 11.2. The molecule has 4 N–H and O–H groups in total. The highest BCUT2D eigenvalue weighted by Gasteiger charge is 2.17. The van der Waals surface area contributed by atoms with Crippen LogP contribution in [0.5, 0.6) is 11.5 Å². The van der Waals surface area contributed by atoms with Gasteiger partial charge in [0.15, 0.2) is 0 Å². The standard InChI is InChI=1S/C35H35F2N3O7/c1-35(2,3)47-34(43)39-16-17-44-31-15-13-27(21-29(31)23-6-11-26(37)12-7-23)40-32(41)24-8-14-30(45-18-19-46-33(38)42)28(20-24)22-4-9-25(36)10-5-22/h4-15,20-21H,16-19H2,1-3H3,(H2,38,42)(H,39,43)(H,40,41). The number of primary amides is 1. The molecule has 0 bridgehead atoms. The van der Waals surface area contributed by atoms with Crippen molar-refractivity contribution < 1.29 is 42.1 Å². The first-order valence-corrected chi connectivity index (χ1v) is 14.6. The molecule has 0 saturated heterocycles. The molecule has 4 rings (SSSR count). The van der Waals surface area contributed by atoms with E-state index in [2.05, 4.69) is 10.6 Å². The molecule has 0 aromatic heterocycles. The van der Waals surface area contributed by atoms with E-state index in [9.17, 15) is 23.2 Å². The van der Waals surface area contributed by atoms with Crippen molar-refractivity contribution in [2.75, 3.05) is 31.7 Å². The van der Waals surface area contributed by atoms with E-state index < -0.39 is 35.3 Å². The largest absolute Gasteiger partial charge is 0.491 e. The Balaban J connectivity index is 1.54. The fraction of sp³-hybridized carbons (Fsp3) is 0.229. The molecule has 246 valence electrons. The molecule has 0 aliphatic rings. The van der Waals surface area contributed by atoms with Crippen molar-refractivity contribution in [1.29, 1.82) is 0 Å². The SMILES string of the molecule is CC(C)(C)OC(=O)NCCOc1ccc(NC(=O)c2ccc(OCCOC(N)=O)c(-c3ccc(F)cc3)c2)cc1-c1ccc(F)cc1. The number of benzene rings is 4. The summed E-state index contributed by atoms with van der Waals surface area (Å²) in [5.41, 5.74) is 7.38. The van der Waals surface area contributed by atoms with E-state index in [1.54, 1.807) is 81.4 Å². The number of nitrogens with one attached hydrogen (secondary N) is 2. The van der Waals surface area contributed by atoms with Crippen LogP contribution in [0.3, 0.4) is 0 Å². The predicted octanol–water partition coefficient (Wildman–Crippen LogP) is 6.93. The summed E-state index contributed by atoms with van der Waals surface area (Å²) in [6, 6.07) is 21.2. The van der Waals surface area contributed by atoms with Crippen molar-refractivity contribution in [3.05, 3.63) is 102 Å². The van der Waals surface area contributed by atoms with Crippen molar-refractivity contribution in [3.63, 3.8) is 0 Å². The van der Waals surface area contributed by atoms with Crippen LogP contribution in [-0.4, -0.2) is 50.1 Å². The lowest BCUT2D eigenvalue weighted by molar-refractivity contribution is 0.0520. The van der Waals surface area contributed by atoms with Gasteiger partial charge in [0, 0.05) is 22.4 Å². The van der Waals surface area contributed by atoms with Crippen LogP contribution in [0.4, 0.5) is 24.1 Å². The van der Waals surface area contributed by atoms with Crippen LogP contribution in [0.1, 0.15) is 31.1 Å².